The summed E-state index contributed by atoms with van der Waals surface area (Å²) < 4.78 is 10.2. The van der Waals surface area contributed by atoms with Crippen LogP contribution >= 0.6 is 0 Å². The minimum Gasteiger partial charge on any atom is -0.469 e. The minimum absolute atomic E-state index is 0.0428. The Balaban J connectivity index is 1.53. The number of likely N-dealkylation sites (tertiary alicyclic amines) is 1. The molecule has 1 aromatic rings. The highest BCUT2D eigenvalue weighted by molar-refractivity contribution is 5.94. The van der Waals surface area contributed by atoms with Crippen LogP contribution in [0.15, 0.2) is 24.3 Å². The fourth-order valence-corrected chi connectivity index (χ4v) is 3.44. The molecule has 0 spiro atoms. The Bertz CT molecular complexity index is 588. The standard InChI is InChI=1S/C19H26N2O4/c1-24-19(23)17-6-8-21(9-7-17)18(22)16-4-2-15(3-5-16)14-20-10-12-25-13-11-20/h2-5,17H,6-14H2,1H3. The summed E-state index contributed by atoms with van der Waals surface area (Å²) in [6.07, 6.45) is 1.35. The third kappa shape index (κ3) is 4.58. The predicted molar refractivity (Wildman–Crippen MR) is 93.2 cm³/mol. The van der Waals surface area contributed by atoms with Gasteiger partial charge in [0.2, 0.25) is 0 Å². The van der Waals surface area contributed by atoms with Crippen LogP contribution < -0.4 is 0 Å². The van der Waals surface area contributed by atoms with Crippen LogP contribution in [0.1, 0.15) is 28.8 Å². The molecule has 2 aliphatic rings. The Kier molecular flexibility index (Phi) is 6.04. The second-order valence-electron chi connectivity index (χ2n) is 6.68. The van der Waals surface area contributed by atoms with Gasteiger partial charge in [-0.25, -0.2) is 0 Å². The number of esters is 1. The van der Waals surface area contributed by atoms with Gasteiger partial charge in [-0.05, 0) is 30.5 Å². The largest absolute Gasteiger partial charge is 0.469 e. The molecule has 25 heavy (non-hydrogen) atoms. The van der Waals surface area contributed by atoms with Gasteiger partial charge >= 0.3 is 5.97 Å². The fourth-order valence-electron chi connectivity index (χ4n) is 3.44. The summed E-state index contributed by atoms with van der Waals surface area (Å²) in [6.45, 7) is 5.59. The van der Waals surface area contributed by atoms with Crippen LogP contribution in [-0.4, -0.2) is 68.2 Å². The molecular formula is C19H26N2O4. The fraction of sp³-hybridized carbons (Fsp3) is 0.579. The first-order valence-corrected chi connectivity index (χ1v) is 8.93. The average molecular weight is 346 g/mol. The van der Waals surface area contributed by atoms with Crippen molar-refractivity contribution in [2.24, 2.45) is 5.92 Å². The number of carbonyl (C=O) groups is 2. The lowest BCUT2D eigenvalue weighted by molar-refractivity contribution is -0.146. The van der Waals surface area contributed by atoms with E-state index in [-0.39, 0.29) is 17.8 Å². The first-order valence-electron chi connectivity index (χ1n) is 8.93. The van der Waals surface area contributed by atoms with E-state index < -0.39 is 0 Å². The van der Waals surface area contributed by atoms with E-state index in [1.807, 2.05) is 29.2 Å². The van der Waals surface area contributed by atoms with Gasteiger partial charge in [0.15, 0.2) is 0 Å². The number of hydrogen-bond acceptors (Lipinski definition) is 5. The van der Waals surface area contributed by atoms with Gasteiger partial charge in [0.1, 0.15) is 0 Å². The second-order valence-corrected chi connectivity index (χ2v) is 6.68. The van der Waals surface area contributed by atoms with Crippen LogP contribution in [0.5, 0.6) is 0 Å². The van der Waals surface area contributed by atoms with E-state index in [9.17, 15) is 9.59 Å². The lowest BCUT2D eigenvalue weighted by Gasteiger charge is -2.31. The van der Waals surface area contributed by atoms with Gasteiger partial charge in [-0.1, -0.05) is 12.1 Å². The first kappa shape index (κ1) is 17.9. The molecule has 0 N–H and O–H groups in total. The second kappa shape index (κ2) is 8.45. The van der Waals surface area contributed by atoms with Gasteiger partial charge < -0.3 is 14.4 Å². The van der Waals surface area contributed by atoms with Crippen molar-refractivity contribution in [3.8, 4) is 0 Å². The molecule has 3 rings (SSSR count). The van der Waals surface area contributed by atoms with Crippen LogP contribution in [0.2, 0.25) is 0 Å². The zero-order valence-electron chi connectivity index (χ0n) is 14.8. The molecule has 0 atom stereocenters. The number of rotatable bonds is 4. The average Bonchev–Trinajstić information content (AvgIpc) is 2.68. The van der Waals surface area contributed by atoms with Gasteiger partial charge in [-0.3, -0.25) is 14.5 Å². The zero-order chi connectivity index (χ0) is 17.6. The van der Waals surface area contributed by atoms with E-state index in [2.05, 4.69) is 4.90 Å². The lowest BCUT2D eigenvalue weighted by Crippen LogP contribution is -2.40. The van der Waals surface area contributed by atoms with Gasteiger partial charge in [0, 0.05) is 38.3 Å². The number of methoxy groups -OCH3 is 1. The molecule has 0 saturated carbocycles. The summed E-state index contributed by atoms with van der Waals surface area (Å²) in [5.41, 5.74) is 1.92. The molecule has 2 fully saturated rings. The van der Waals surface area contributed by atoms with Crippen molar-refractivity contribution in [1.29, 1.82) is 0 Å². The molecule has 1 amide bonds. The molecule has 2 saturated heterocycles. The molecule has 1 aromatic carbocycles. The van der Waals surface area contributed by atoms with Gasteiger partial charge in [0.05, 0.1) is 26.2 Å². The molecule has 0 unspecified atom stereocenters. The molecule has 2 heterocycles. The van der Waals surface area contributed by atoms with Crippen LogP contribution in [0.4, 0.5) is 0 Å². The highest BCUT2D eigenvalue weighted by Crippen LogP contribution is 2.20. The molecule has 2 aliphatic heterocycles. The van der Waals surface area contributed by atoms with Crippen molar-refractivity contribution in [3.63, 3.8) is 0 Å². The van der Waals surface area contributed by atoms with Gasteiger partial charge in [-0.2, -0.15) is 0 Å². The Morgan fingerprint density at radius 2 is 1.72 bits per heavy atom. The van der Waals surface area contributed by atoms with Crippen molar-refractivity contribution < 1.29 is 19.1 Å². The third-order valence-electron chi connectivity index (χ3n) is 5.03. The van der Waals surface area contributed by atoms with E-state index in [1.54, 1.807) is 0 Å². The molecule has 6 nitrogen and oxygen atoms in total. The maximum atomic E-state index is 12.6. The predicted octanol–water partition coefficient (Wildman–Crippen LogP) is 1.54. The SMILES string of the molecule is COC(=O)C1CCN(C(=O)c2ccc(CN3CCOCC3)cc2)CC1. The number of amides is 1. The number of ether oxygens (including phenoxy) is 2. The molecule has 136 valence electrons. The van der Waals surface area contributed by atoms with Crippen molar-refractivity contribution in [3.05, 3.63) is 35.4 Å². The minimum atomic E-state index is -0.167. The maximum absolute atomic E-state index is 12.6. The normalized spacial score (nSPS) is 19.6. The highest BCUT2D eigenvalue weighted by atomic mass is 16.5. The maximum Gasteiger partial charge on any atom is 0.308 e. The number of hydrogen-bond donors (Lipinski definition) is 0. The monoisotopic (exact) mass is 346 g/mol. The Labute approximate surface area is 148 Å². The molecular weight excluding hydrogens is 320 g/mol. The third-order valence-corrected chi connectivity index (χ3v) is 5.03. The quantitative estimate of drug-likeness (QED) is 0.774. The number of morpholine rings is 1. The molecule has 0 radical (unpaired) electrons. The van der Waals surface area contributed by atoms with Crippen LogP contribution in [-0.2, 0) is 20.8 Å². The van der Waals surface area contributed by atoms with E-state index in [0.29, 0.717) is 31.5 Å². The summed E-state index contributed by atoms with van der Waals surface area (Å²) in [6, 6.07) is 7.88. The topological polar surface area (TPSA) is 59.1 Å². The zero-order valence-corrected chi connectivity index (χ0v) is 14.8. The Morgan fingerprint density at radius 3 is 2.32 bits per heavy atom. The summed E-state index contributed by atoms with van der Waals surface area (Å²) in [5.74, 6) is -0.203. The van der Waals surface area contributed by atoms with E-state index in [4.69, 9.17) is 9.47 Å². The van der Waals surface area contributed by atoms with E-state index in [1.165, 1.54) is 12.7 Å². The van der Waals surface area contributed by atoms with E-state index in [0.717, 1.165) is 32.8 Å². The molecule has 0 aromatic heterocycles. The smallest absolute Gasteiger partial charge is 0.308 e. The number of nitrogens with zero attached hydrogens (tertiary/aromatic N) is 2. The molecule has 6 heteroatoms. The summed E-state index contributed by atoms with van der Waals surface area (Å²) in [5, 5.41) is 0. The first-order chi connectivity index (χ1) is 12.2. The van der Waals surface area contributed by atoms with E-state index >= 15 is 0 Å². The Morgan fingerprint density at radius 1 is 1.08 bits per heavy atom. The van der Waals surface area contributed by atoms with Gasteiger partial charge in [0.25, 0.3) is 5.91 Å². The van der Waals surface area contributed by atoms with Gasteiger partial charge in [-0.15, -0.1) is 0 Å². The van der Waals surface area contributed by atoms with Crippen molar-refractivity contribution >= 4 is 11.9 Å². The van der Waals surface area contributed by atoms with Crippen molar-refractivity contribution in [2.75, 3.05) is 46.5 Å². The van der Waals surface area contributed by atoms with Crippen LogP contribution in [0.3, 0.4) is 0 Å². The Hall–Kier alpha value is -1.92. The number of carbonyl (C=O) groups excluding carboxylic acids is 2. The van der Waals surface area contributed by atoms with Crippen molar-refractivity contribution in [1.82, 2.24) is 9.80 Å². The highest BCUT2D eigenvalue weighted by Gasteiger charge is 2.28. The lowest BCUT2D eigenvalue weighted by atomic mass is 9.96. The number of benzene rings is 1. The summed E-state index contributed by atoms with van der Waals surface area (Å²) in [7, 11) is 1.42. The van der Waals surface area contributed by atoms with Crippen LogP contribution in [0, 0.1) is 5.92 Å². The molecule has 0 bridgehead atoms. The number of piperidine rings is 1. The molecule has 0 aliphatic carbocycles. The van der Waals surface area contributed by atoms with Crippen LogP contribution in [0.25, 0.3) is 0 Å². The van der Waals surface area contributed by atoms with Crippen molar-refractivity contribution in [2.45, 2.75) is 19.4 Å². The summed E-state index contributed by atoms with van der Waals surface area (Å²) in [4.78, 5) is 28.4. The summed E-state index contributed by atoms with van der Waals surface area (Å²) >= 11 is 0.